The van der Waals surface area contributed by atoms with Crippen LogP contribution in [0.1, 0.15) is 15.9 Å². The van der Waals surface area contributed by atoms with Crippen molar-refractivity contribution in [2.24, 2.45) is 0 Å². The number of carbonyl (C=O) groups is 2. The molecule has 0 bridgehead atoms. The van der Waals surface area contributed by atoms with Crippen molar-refractivity contribution in [1.29, 1.82) is 0 Å². The van der Waals surface area contributed by atoms with Gasteiger partial charge in [-0.1, -0.05) is 34.1 Å². The molecule has 0 fully saturated rings. The summed E-state index contributed by atoms with van der Waals surface area (Å²) < 4.78 is 11.5. The Morgan fingerprint density at radius 3 is 2.50 bits per heavy atom. The van der Waals surface area contributed by atoms with Gasteiger partial charge in [-0.3, -0.25) is 9.59 Å². The van der Waals surface area contributed by atoms with Gasteiger partial charge in [0.15, 0.2) is 6.29 Å². The van der Waals surface area contributed by atoms with Gasteiger partial charge >= 0.3 is 0 Å². The predicted molar refractivity (Wildman–Crippen MR) is 111 cm³/mol. The molecule has 7 heteroatoms. The lowest BCUT2D eigenvalue weighted by Crippen LogP contribution is -2.42. The Hall–Kier alpha value is -2.22. The molecule has 0 unspecified atom stereocenters. The number of fused-ring (bicyclic) bond motifs is 1. The van der Waals surface area contributed by atoms with Gasteiger partial charge in [-0.25, -0.2) is 0 Å². The van der Waals surface area contributed by atoms with E-state index in [4.69, 9.17) is 9.47 Å². The van der Waals surface area contributed by atoms with Crippen molar-refractivity contribution in [3.63, 3.8) is 0 Å². The number of hydrogen-bond donors (Lipinski definition) is 0. The van der Waals surface area contributed by atoms with E-state index in [2.05, 4.69) is 15.9 Å². The van der Waals surface area contributed by atoms with E-state index >= 15 is 0 Å². The van der Waals surface area contributed by atoms with Crippen molar-refractivity contribution in [3.8, 4) is 11.1 Å². The van der Waals surface area contributed by atoms with E-state index in [9.17, 15) is 9.59 Å². The predicted octanol–water partition coefficient (Wildman–Crippen LogP) is 3.46. The van der Waals surface area contributed by atoms with Gasteiger partial charge in [-0.2, -0.15) is 0 Å². The Morgan fingerprint density at radius 2 is 1.82 bits per heavy atom. The van der Waals surface area contributed by atoms with Gasteiger partial charge in [0.2, 0.25) is 5.91 Å². The molecule has 0 radical (unpaired) electrons. The van der Waals surface area contributed by atoms with Crippen molar-refractivity contribution in [2.75, 3.05) is 39.3 Å². The Labute approximate surface area is 173 Å². The van der Waals surface area contributed by atoms with Gasteiger partial charge < -0.3 is 19.3 Å². The van der Waals surface area contributed by atoms with Gasteiger partial charge in [0.25, 0.3) is 5.91 Å². The highest BCUT2D eigenvalue weighted by atomic mass is 79.9. The Kier molecular flexibility index (Phi) is 6.17. The first-order chi connectivity index (χ1) is 13.4. The maximum Gasteiger partial charge on any atom is 0.256 e. The third kappa shape index (κ3) is 3.83. The van der Waals surface area contributed by atoms with Crippen LogP contribution in [0.25, 0.3) is 11.1 Å². The molecule has 0 aliphatic carbocycles. The zero-order valence-electron chi connectivity index (χ0n) is 16.4. The zero-order valence-corrected chi connectivity index (χ0v) is 17.9. The second-order valence-corrected chi connectivity index (χ2v) is 7.57. The number of rotatable bonds is 5. The van der Waals surface area contributed by atoms with Gasteiger partial charge in [0.05, 0.1) is 17.8 Å². The van der Waals surface area contributed by atoms with Crippen molar-refractivity contribution < 1.29 is 19.1 Å². The number of methoxy groups -OCH3 is 2. The fraction of sp³-hybridized carbons (Fsp3) is 0.333. The van der Waals surface area contributed by atoms with Gasteiger partial charge in [-0.15, -0.1) is 0 Å². The lowest BCUT2D eigenvalue weighted by atomic mass is 9.97. The van der Waals surface area contributed by atoms with E-state index in [0.29, 0.717) is 11.3 Å². The molecule has 2 aromatic rings. The first-order valence-electron chi connectivity index (χ1n) is 8.88. The summed E-state index contributed by atoms with van der Waals surface area (Å²) in [7, 11) is 4.68. The normalized spacial score (nSPS) is 14.5. The maximum atomic E-state index is 13.0. The molecule has 0 spiro atoms. The molecule has 1 aliphatic heterocycles. The average molecular weight is 447 g/mol. The molecular weight excluding hydrogens is 424 g/mol. The standard InChI is InChI=1S/C21H23BrN2O4/c1-13-15(6-5-7-17(13)22)14-8-9-18-16(10-14)21(26)23(2)11-19(25)24(18)12-20(27-3)28-4/h5-10,20H,11-12H2,1-4H3. The third-order valence-electron chi connectivity index (χ3n) is 4.97. The summed E-state index contributed by atoms with van der Waals surface area (Å²) in [6.07, 6.45) is -0.581. The van der Waals surface area contributed by atoms with Crippen LogP contribution >= 0.6 is 15.9 Å². The number of hydrogen-bond acceptors (Lipinski definition) is 4. The summed E-state index contributed by atoms with van der Waals surface area (Å²) in [5, 5.41) is 0. The molecule has 3 rings (SSSR count). The number of likely N-dealkylation sites (N-methyl/N-ethyl adjacent to an activating group) is 1. The second kappa shape index (κ2) is 8.43. The molecule has 1 heterocycles. The molecule has 0 N–H and O–H groups in total. The van der Waals surface area contributed by atoms with Crippen LogP contribution in [-0.2, 0) is 14.3 Å². The fourth-order valence-electron chi connectivity index (χ4n) is 3.33. The molecule has 6 nitrogen and oxygen atoms in total. The summed E-state index contributed by atoms with van der Waals surface area (Å²) >= 11 is 3.56. The molecule has 0 aromatic heterocycles. The smallest absolute Gasteiger partial charge is 0.256 e. The molecule has 0 saturated carbocycles. The highest BCUT2D eigenvalue weighted by Crippen LogP contribution is 2.34. The van der Waals surface area contributed by atoms with Crippen molar-refractivity contribution in [2.45, 2.75) is 13.2 Å². The van der Waals surface area contributed by atoms with E-state index in [1.165, 1.54) is 19.1 Å². The molecule has 1 aliphatic rings. The Morgan fingerprint density at radius 1 is 1.11 bits per heavy atom. The summed E-state index contributed by atoms with van der Waals surface area (Å²) in [4.78, 5) is 28.7. The lowest BCUT2D eigenvalue weighted by Gasteiger charge is -2.26. The van der Waals surface area contributed by atoms with Crippen LogP contribution in [0.5, 0.6) is 0 Å². The van der Waals surface area contributed by atoms with Crippen LogP contribution in [0.3, 0.4) is 0 Å². The van der Waals surface area contributed by atoms with E-state index < -0.39 is 6.29 Å². The summed E-state index contributed by atoms with van der Waals surface area (Å²) in [6, 6.07) is 11.6. The molecule has 28 heavy (non-hydrogen) atoms. The number of nitrogens with zero attached hydrogens (tertiary/aromatic N) is 2. The second-order valence-electron chi connectivity index (χ2n) is 6.71. The quantitative estimate of drug-likeness (QED) is 0.659. The van der Waals surface area contributed by atoms with Gasteiger partial charge in [0, 0.05) is 25.7 Å². The molecule has 0 atom stereocenters. The number of anilines is 1. The minimum absolute atomic E-state index is 0.00108. The summed E-state index contributed by atoms with van der Waals surface area (Å²) in [5.41, 5.74) is 4.08. The van der Waals surface area contributed by atoms with Gasteiger partial charge in [-0.05, 0) is 41.8 Å². The zero-order chi connectivity index (χ0) is 20.4. The van der Waals surface area contributed by atoms with Crippen LogP contribution in [0.2, 0.25) is 0 Å². The first kappa shape index (κ1) is 20.5. The number of halogens is 1. The minimum Gasteiger partial charge on any atom is -0.354 e. The monoisotopic (exact) mass is 446 g/mol. The van der Waals surface area contributed by atoms with E-state index in [1.54, 1.807) is 11.9 Å². The molecule has 148 valence electrons. The number of amides is 2. The topological polar surface area (TPSA) is 59.1 Å². The number of benzene rings is 2. The summed E-state index contributed by atoms with van der Waals surface area (Å²) in [5.74, 6) is -0.369. The highest BCUT2D eigenvalue weighted by molar-refractivity contribution is 9.10. The molecular formula is C21H23BrN2O4. The van der Waals surface area contributed by atoms with E-state index in [1.807, 2.05) is 43.3 Å². The van der Waals surface area contributed by atoms with Crippen molar-refractivity contribution >= 4 is 33.4 Å². The van der Waals surface area contributed by atoms with Crippen LogP contribution in [-0.4, -0.2) is 57.4 Å². The lowest BCUT2D eigenvalue weighted by molar-refractivity contribution is -0.123. The molecule has 2 aromatic carbocycles. The maximum absolute atomic E-state index is 13.0. The SMILES string of the molecule is COC(CN1C(=O)CN(C)C(=O)c2cc(-c3cccc(Br)c3C)ccc21)OC. The molecule has 2 amide bonds. The van der Waals surface area contributed by atoms with Crippen LogP contribution in [0.4, 0.5) is 5.69 Å². The Bertz CT molecular complexity index is 911. The van der Waals surface area contributed by atoms with Crippen molar-refractivity contribution in [3.05, 3.63) is 52.0 Å². The van der Waals surface area contributed by atoms with Crippen molar-refractivity contribution in [1.82, 2.24) is 4.90 Å². The van der Waals surface area contributed by atoms with Crippen LogP contribution in [0.15, 0.2) is 40.9 Å². The van der Waals surface area contributed by atoms with E-state index in [0.717, 1.165) is 21.2 Å². The number of carbonyl (C=O) groups excluding carboxylic acids is 2. The van der Waals surface area contributed by atoms with Crippen LogP contribution in [0, 0.1) is 6.92 Å². The third-order valence-corrected chi connectivity index (χ3v) is 5.83. The highest BCUT2D eigenvalue weighted by Gasteiger charge is 2.31. The van der Waals surface area contributed by atoms with Gasteiger partial charge in [0.1, 0.15) is 6.54 Å². The van der Waals surface area contributed by atoms with E-state index in [-0.39, 0.29) is 24.9 Å². The first-order valence-corrected chi connectivity index (χ1v) is 9.67. The minimum atomic E-state index is -0.581. The summed E-state index contributed by atoms with van der Waals surface area (Å²) in [6.45, 7) is 2.23. The largest absolute Gasteiger partial charge is 0.354 e. The number of ether oxygens (including phenoxy) is 2. The molecule has 0 saturated heterocycles. The Balaban J connectivity index is 2.12. The fourth-order valence-corrected chi connectivity index (χ4v) is 3.69. The van der Waals surface area contributed by atoms with Crippen LogP contribution < -0.4 is 4.90 Å². The average Bonchev–Trinajstić information content (AvgIpc) is 2.77.